The fourth-order valence-corrected chi connectivity index (χ4v) is 3.68. The molecule has 1 atom stereocenters. The van der Waals surface area contributed by atoms with Crippen LogP contribution in [0.5, 0.6) is 0 Å². The fourth-order valence-electron chi connectivity index (χ4n) is 3.68. The van der Waals surface area contributed by atoms with E-state index in [1.54, 1.807) is 23.2 Å². The lowest BCUT2D eigenvalue weighted by Gasteiger charge is -2.32. The largest absolute Gasteiger partial charge is 0.444 e. The van der Waals surface area contributed by atoms with Crippen molar-refractivity contribution in [1.29, 1.82) is 0 Å². The van der Waals surface area contributed by atoms with E-state index in [1.165, 1.54) is 6.39 Å². The average molecular weight is 325 g/mol. The van der Waals surface area contributed by atoms with E-state index < -0.39 is 0 Å². The predicted molar refractivity (Wildman–Crippen MR) is 87.1 cm³/mol. The van der Waals surface area contributed by atoms with Gasteiger partial charge in [0, 0.05) is 30.8 Å². The topological polar surface area (TPSA) is 75.4 Å². The summed E-state index contributed by atoms with van der Waals surface area (Å²) in [6.45, 7) is 1.90. The SMILES string of the molecule is O=C(c1ccc(-c2cnco2)cc1)N1CCC2(CCCNC2=O)C1. The summed E-state index contributed by atoms with van der Waals surface area (Å²) in [7, 11) is 0. The highest BCUT2D eigenvalue weighted by Crippen LogP contribution is 2.37. The lowest BCUT2D eigenvalue weighted by Crippen LogP contribution is -2.47. The maximum atomic E-state index is 12.7. The second kappa shape index (κ2) is 5.78. The smallest absolute Gasteiger partial charge is 0.253 e. The molecule has 2 amide bonds. The summed E-state index contributed by atoms with van der Waals surface area (Å²) in [4.78, 5) is 30.7. The summed E-state index contributed by atoms with van der Waals surface area (Å²) in [6, 6.07) is 7.30. The van der Waals surface area contributed by atoms with Crippen molar-refractivity contribution < 1.29 is 14.0 Å². The van der Waals surface area contributed by atoms with Gasteiger partial charge in [-0.25, -0.2) is 4.98 Å². The number of hydrogen-bond donors (Lipinski definition) is 1. The molecule has 4 rings (SSSR count). The van der Waals surface area contributed by atoms with Crippen molar-refractivity contribution in [1.82, 2.24) is 15.2 Å². The molecule has 2 aliphatic heterocycles. The third-order valence-electron chi connectivity index (χ3n) is 5.09. The van der Waals surface area contributed by atoms with Gasteiger partial charge in [0.1, 0.15) is 0 Å². The molecule has 1 unspecified atom stereocenters. The van der Waals surface area contributed by atoms with Crippen LogP contribution in [-0.4, -0.2) is 41.3 Å². The third kappa shape index (κ3) is 2.48. The van der Waals surface area contributed by atoms with Gasteiger partial charge in [-0.2, -0.15) is 0 Å². The molecular formula is C18H19N3O3. The lowest BCUT2D eigenvalue weighted by molar-refractivity contribution is -0.132. The normalized spacial score (nSPS) is 23.5. The number of aromatic nitrogens is 1. The number of likely N-dealkylation sites (tertiary alicyclic amines) is 1. The summed E-state index contributed by atoms with van der Waals surface area (Å²) in [5.74, 6) is 0.757. The van der Waals surface area contributed by atoms with E-state index in [2.05, 4.69) is 10.3 Å². The van der Waals surface area contributed by atoms with E-state index in [9.17, 15) is 9.59 Å². The number of carbonyl (C=O) groups is 2. The molecule has 1 spiro atoms. The molecule has 6 heteroatoms. The van der Waals surface area contributed by atoms with Crippen LogP contribution in [0, 0.1) is 5.41 Å². The highest BCUT2D eigenvalue weighted by atomic mass is 16.3. The van der Waals surface area contributed by atoms with Crippen molar-refractivity contribution in [2.75, 3.05) is 19.6 Å². The van der Waals surface area contributed by atoms with Gasteiger partial charge in [-0.15, -0.1) is 0 Å². The van der Waals surface area contributed by atoms with Crippen molar-refractivity contribution >= 4 is 11.8 Å². The Balaban J connectivity index is 1.49. The van der Waals surface area contributed by atoms with Crippen LogP contribution in [-0.2, 0) is 4.79 Å². The predicted octanol–water partition coefficient (Wildman–Crippen LogP) is 2.08. The zero-order valence-electron chi connectivity index (χ0n) is 13.3. The molecule has 2 saturated heterocycles. The van der Waals surface area contributed by atoms with Crippen LogP contribution in [0.15, 0.2) is 41.3 Å². The van der Waals surface area contributed by atoms with Crippen molar-refractivity contribution in [2.45, 2.75) is 19.3 Å². The van der Waals surface area contributed by atoms with E-state index in [0.29, 0.717) is 24.4 Å². The Bertz CT molecular complexity index is 754. The molecule has 1 aromatic heterocycles. The first kappa shape index (κ1) is 14.9. The number of rotatable bonds is 2. The lowest BCUT2D eigenvalue weighted by atomic mass is 9.79. The van der Waals surface area contributed by atoms with E-state index in [-0.39, 0.29) is 17.2 Å². The standard InChI is InChI=1S/C18H19N3O3/c22-16(14-4-2-13(3-5-14)15-10-19-12-24-15)21-9-7-18(11-21)6-1-8-20-17(18)23/h2-5,10,12H,1,6-9,11H2,(H,20,23). The van der Waals surface area contributed by atoms with E-state index in [4.69, 9.17) is 4.42 Å². The maximum absolute atomic E-state index is 12.7. The number of nitrogens with one attached hydrogen (secondary N) is 1. The average Bonchev–Trinajstić information content (AvgIpc) is 3.28. The number of amides is 2. The summed E-state index contributed by atoms with van der Waals surface area (Å²) >= 11 is 0. The summed E-state index contributed by atoms with van der Waals surface area (Å²) in [6.07, 6.45) is 5.63. The molecule has 3 heterocycles. The minimum absolute atomic E-state index is 0.0191. The van der Waals surface area contributed by atoms with Gasteiger partial charge in [-0.3, -0.25) is 9.59 Å². The van der Waals surface area contributed by atoms with Gasteiger partial charge in [0.15, 0.2) is 12.2 Å². The summed E-state index contributed by atoms with van der Waals surface area (Å²) < 4.78 is 5.26. The molecule has 2 aliphatic rings. The molecule has 6 nitrogen and oxygen atoms in total. The Kier molecular flexibility index (Phi) is 3.59. The van der Waals surface area contributed by atoms with Crippen LogP contribution in [0.2, 0.25) is 0 Å². The minimum atomic E-state index is -0.381. The Labute approximate surface area is 139 Å². The summed E-state index contributed by atoms with van der Waals surface area (Å²) in [5, 5.41) is 2.94. The summed E-state index contributed by atoms with van der Waals surface area (Å²) in [5.41, 5.74) is 1.13. The van der Waals surface area contributed by atoms with Gasteiger partial charge in [0.25, 0.3) is 5.91 Å². The molecular weight excluding hydrogens is 306 g/mol. The zero-order valence-corrected chi connectivity index (χ0v) is 13.3. The van der Waals surface area contributed by atoms with Crippen LogP contribution in [0.4, 0.5) is 0 Å². The van der Waals surface area contributed by atoms with Crippen LogP contribution < -0.4 is 5.32 Å². The molecule has 1 N–H and O–H groups in total. The number of hydrogen-bond acceptors (Lipinski definition) is 4. The van der Waals surface area contributed by atoms with Crippen molar-refractivity contribution in [3.63, 3.8) is 0 Å². The van der Waals surface area contributed by atoms with Gasteiger partial charge in [0.05, 0.1) is 11.6 Å². The molecule has 0 bridgehead atoms. The van der Waals surface area contributed by atoms with Crippen LogP contribution in [0.25, 0.3) is 11.3 Å². The van der Waals surface area contributed by atoms with Crippen LogP contribution in [0.3, 0.4) is 0 Å². The number of nitrogens with zero attached hydrogens (tertiary/aromatic N) is 2. The maximum Gasteiger partial charge on any atom is 0.253 e. The molecule has 0 saturated carbocycles. The monoisotopic (exact) mass is 325 g/mol. The van der Waals surface area contributed by atoms with Gasteiger partial charge in [-0.1, -0.05) is 12.1 Å². The first-order valence-corrected chi connectivity index (χ1v) is 8.24. The minimum Gasteiger partial charge on any atom is -0.444 e. The third-order valence-corrected chi connectivity index (χ3v) is 5.09. The van der Waals surface area contributed by atoms with Gasteiger partial charge in [-0.05, 0) is 31.4 Å². The Morgan fingerprint density at radius 3 is 2.79 bits per heavy atom. The van der Waals surface area contributed by atoms with Crippen molar-refractivity contribution in [3.05, 3.63) is 42.4 Å². The van der Waals surface area contributed by atoms with Gasteiger partial charge < -0.3 is 14.6 Å². The van der Waals surface area contributed by atoms with Crippen LogP contribution in [0.1, 0.15) is 29.6 Å². The number of oxazole rings is 1. The zero-order chi connectivity index (χ0) is 16.6. The Hall–Kier alpha value is -2.63. The molecule has 1 aromatic carbocycles. The van der Waals surface area contributed by atoms with Gasteiger partial charge >= 0.3 is 0 Å². The first-order valence-electron chi connectivity index (χ1n) is 8.24. The molecule has 24 heavy (non-hydrogen) atoms. The first-order chi connectivity index (χ1) is 11.7. The molecule has 0 radical (unpaired) electrons. The van der Waals surface area contributed by atoms with E-state index in [0.717, 1.165) is 31.4 Å². The van der Waals surface area contributed by atoms with E-state index >= 15 is 0 Å². The fraction of sp³-hybridized carbons (Fsp3) is 0.389. The number of benzene rings is 1. The van der Waals surface area contributed by atoms with E-state index in [1.807, 2.05) is 12.1 Å². The second-order valence-corrected chi connectivity index (χ2v) is 6.56. The highest BCUT2D eigenvalue weighted by molar-refractivity contribution is 5.96. The van der Waals surface area contributed by atoms with Crippen molar-refractivity contribution in [2.24, 2.45) is 5.41 Å². The Morgan fingerprint density at radius 1 is 1.25 bits per heavy atom. The second-order valence-electron chi connectivity index (χ2n) is 6.56. The Morgan fingerprint density at radius 2 is 2.08 bits per heavy atom. The number of carbonyl (C=O) groups excluding carboxylic acids is 2. The molecule has 124 valence electrons. The highest BCUT2D eigenvalue weighted by Gasteiger charge is 2.46. The number of piperidine rings is 1. The quantitative estimate of drug-likeness (QED) is 0.917. The van der Waals surface area contributed by atoms with Crippen LogP contribution >= 0.6 is 0 Å². The molecule has 2 aromatic rings. The van der Waals surface area contributed by atoms with Crippen molar-refractivity contribution in [3.8, 4) is 11.3 Å². The van der Waals surface area contributed by atoms with Gasteiger partial charge in [0.2, 0.25) is 5.91 Å². The molecule has 0 aliphatic carbocycles. The molecule has 2 fully saturated rings.